The third-order valence-electron chi connectivity index (χ3n) is 6.73. The van der Waals surface area contributed by atoms with Crippen molar-refractivity contribution in [1.82, 2.24) is 14.5 Å². The number of sulfonamides is 1. The van der Waals surface area contributed by atoms with E-state index < -0.39 is 25.9 Å². The molecule has 8 nitrogen and oxygen atoms in total. The number of hydrogen-bond acceptors (Lipinski definition) is 6. The van der Waals surface area contributed by atoms with E-state index in [1.165, 1.54) is 24.3 Å². The summed E-state index contributed by atoms with van der Waals surface area (Å²) >= 11 is 0. The molecule has 0 saturated carbocycles. The van der Waals surface area contributed by atoms with Crippen LogP contribution < -0.4 is 4.72 Å². The van der Waals surface area contributed by atoms with Crippen molar-refractivity contribution >= 4 is 47.9 Å². The van der Waals surface area contributed by atoms with Gasteiger partial charge in [0.1, 0.15) is 16.2 Å². The Bertz CT molecular complexity index is 2060. The molecule has 2 heterocycles. The molecule has 0 aliphatic heterocycles. The topological polar surface area (TPSA) is 111 Å². The van der Waals surface area contributed by atoms with E-state index in [0.29, 0.717) is 11.0 Å². The van der Waals surface area contributed by atoms with Gasteiger partial charge in [-0.3, -0.25) is 4.72 Å². The summed E-state index contributed by atoms with van der Waals surface area (Å²) in [5.74, 6) is -0.130. The number of para-hydroxylation sites is 2. The van der Waals surface area contributed by atoms with Gasteiger partial charge in [0.25, 0.3) is 10.0 Å². The van der Waals surface area contributed by atoms with Crippen LogP contribution in [0.25, 0.3) is 22.2 Å². The van der Waals surface area contributed by atoms with Gasteiger partial charge in [0, 0.05) is 0 Å². The van der Waals surface area contributed by atoms with E-state index in [1.807, 2.05) is 43.3 Å². The number of sulfone groups is 1. The van der Waals surface area contributed by atoms with Crippen molar-refractivity contribution in [3.63, 3.8) is 0 Å². The maximum absolute atomic E-state index is 14.3. The van der Waals surface area contributed by atoms with Gasteiger partial charge in [-0.15, -0.1) is 0 Å². The van der Waals surface area contributed by atoms with E-state index in [-0.39, 0.29) is 31.7 Å². The third-order valence-corrected chi connectivity index (χ3v) is 9.90. The third kappa shape index (κ3) is 4.41. The number of nitrogens with zero attached hydrogens (tertiary/aromatic N) is 3. The van der Waals surface area contributed by atoms with Crippen LogP contribution >= 0.6 is 0 Å². The lowest BCUT2D eigenvalue weighted by Crippen LogP contribution is -2.20. The van der Waals surface area contributed by atoms with Crippen molar-refractivity contribution in [3.8, 4) is 0 Å². The molecule has 2 aromatic heterocycles. The maximum Gasteiger partial charge on any atom is 0.263 e. The first-order chi connectivity index (χ1) is 19.3. The van der Waals surface area contributed by atoms with Gasteiger partial charge in [-0.2, -0.15) is 0 Å². The maximum atomic E-state index is 14.3. The zero-order valence-electron chi connectivity index (χ0n) is 21.3. The smallest absolute Gasteiger partial charge is 0.263 e. The SMILES string of the molecule is C[C@H](c1ccccc1)n1c(NS(=O)(=O)c2ccccc2)c(S(=O)(=O)c2ccccc2)c2nc3ccccc3nc21. The summed E-state index contributed by atoms with van der Waals surface area (Å²) in [6, 6.07) is 31.7. The van der Waals surface area contributed by atoms with Crippen molar-refractivity contribution in [2.75, 3.05) is 4.72 Å². The first-order valence-electron chi connectivity index (χ1n) is 12.5. The fraction of sp³-hybridized carbons (Fsp3) is 0.0667. The Morgan fingerprint density at radius 1 is 0.650 bits per heavy atom. The van der Waals surface area contributed by atoms with Crippen LogP contribution in [0.15, 0.2) is 130 Å². The molecular weight excluding hydrogens is 544 g/mol. The van der Waals surface area contributed by atoms with Crippen LogP contribution in [0.1, 0.15) is 18.5 Å². The van der Waals surface area contributed by atoms with E-state index in [2.05, 4.69) is 4.72 Å². The predicted octanol–water partition coefficient (Wildman–Crippen LogP) is 5.83. The lowest BCUT2D eigenvalue weighted by molar-refractivity contribution is 0.595. The summed E-state index contributed by atoms with van der Waals surface area (Å²) in [6.07, 6.45) is 0. The average Bonchev–Trinajstić information content (AvgIpc) is 3.29. The second-order valence-corrected chi connectivity index (χ2v) is 12.8. The van der Waals surface area contributed by atoms with E-state index in [9.17, 15) is 16.8 Å². The Hall–Kier alpha value is -4.54. The van der Waals surface area contributed by atoms with Crippen LogP contribution in [0.2, 0.25) is 0 Å². The minimum Gasteiger partial charge on any atom is -0.302 e. The monoisotopic (exact) mass is 568 g/mol. The molecule has 10 heteroatoms. The van der Waals surface area contributed by atoms with Gasteiger partial charge in [0.15, 0.2) is 5.65 Å². The van der Waals surface area contributed by atoms with Gasteiger partial charge < -0.3 is 4.57 Å². The molecule has 0 bridgehead atoms. The van der Waals surface area contributed by atoms with Crippen molar-refractivity contribution in [2.24, 2.45) is 0 Å². The van der Waals surface area contributed by atoms with Crippen molar-refractivity contribution in [1.29, 1.82) is 0 Å². The molecule has 4 aromatic carbocycles. The van der Waals surface area contributed by atoms with Gasteiger partial charge in [-0.05, 0) is 48.9 Å². The highest BCUT2D eigenvalue weighted by Gasteiger charge is 2.35. The fourth-order valence-electron chi connectivity index (χ4n) is 4.75. The lowest BCUT2D eigenvalue weighted by atomic mass is 10.1. The Morgan fingerprint density at radius 3 is 1.75 bits per heavy atom. The predicted molar refractivity (Wildman–Crippen MR) is 154 cm³/mol. The first-order valence-corrected chi connectivity index (χ1v) is 15.5. The summed E-state index contributed by atoms with van der Waals surface area (Å²) in [7, 11) is -8.47. The highest BCUT2D eigenvalue weighted by Crippen LogP contribution is 2.41. The number of fused-ring (bicyclic) bond motifs is 2. The van der Waals surface area contributed by atoms with Crippen LogP contribution in [0.4, 0.5) is 5.82 Å². The summed E-state index contributed by atoms with van der Waals surface area (Å²) < 4.78 is 60.2. The summed E-state index contributed by atoms with van der Waals surface area (Å²) in [4.78, 5) is 9.30. The molecule has 0 fully saturated rings. The highest BCUT2D eigenvalue weighted by molar-refractivity contribution is 7.93. The Kier molecular flexibility index (Phi) is 6.36. The molecule has 0 unspecified atom stereocenters. The largest absolute Gasteiger partial charge is 0.302 e. The number of anilines is 1. The molecule has 0 saturated heterocycles. The van der Waals surface area contributed by atoms with Crippen molar-refractivity contribution in [2.45, 2.75) is 27.7 Å². The fourth-order valence-corrected chi connectivity index (χ4v) is 7.45. The number of nitrogens with one attached hydrogen (secondary N) is 1. The van der Waals surface area contributed by atoms with Crippen LogP contribution in [-0.4, -0.2) is 31.4 Å². The van der Waals surface area contributed by atoms with Gasteiger partial charge >= 0.3 is 0 Å². The van der Waals surface area contributed by atoms with E-state index >= 15 is 0 Å². The van der Waals surface area contributed by atoms with Crippen molar-refractivity contribution in [3.05, 3.63) is 121 Å². The summed E-state index contributed by atoms with van der Waals surface area (Å²) in [5, 5.41) is 0. The normalized spacial score (nSPS) is 12.9. The van der Waals surface area contributed by atoms with Crippen LogP contribution in [-0.2, 0) is 19.9 Å². The van der Waals surface area contributed by atoms with Crippen LogP contribution in [0.5, 0.6) is 0 Å². The average molecular weight is 569 g/mol. The standard InChI is InChI=1S/C30H24N4O4S2/c1-21(22-13-5-2-6-14-22)34-29-27(31-25-19-11-12-20-26(25)32-29)28(39(35,36)23-15-7-3-8-16-23)30(34)33-40(37,38)24-17-9-4-10-18-24/h2-21,33H,1H3/t21-/m1/s1. The molecule has 6 rings (SSSR count). The van der Waals surface area contributed by atoms with E-state index in [4.69, 9.17) is 9.97 Å². The second-order valence-electron chi connectivity index (χ2n) is 9.25. The Balaban J connectivity index is 1.74. The zero-order valence-corrected chi connectivity index (χ0v) is 23.0. The summed E-state index contributed by atoms with van der Waals surface area (Å²) in [5.41, 5.74) is 2.20. The quantitative estimate of drug-likeness (QED) is 0.260. The number of hydrogen-bond donors (Lipinski definition) is 1. The Labute approximate surface area is 231 Å². The minimum absolute atomic E-state index is 0.00620. The van der Waals surface area contributed by atoms with Gasteiger partial charge in [-0.25, -0.2) is 26.8 Å². The molecule has 40 heavy (non-hydrogen) atoms. The molecule has 0 spiro atoms. The van der Waals surface area contributed by atoms with Gasteiger partial charge in [0.05, 0.1) is 26.9 Å². The van der Waals surface area contributed by atoms with Crippen LogP contribution in [0.3, 0.4) is 0 Å². The molecule has 0 aliphatic carbocycles. The van der Waals surface area contributed by atoms with Crippen molar-refractivity contribution < 1.29 is 16.8 Å². The number of rotatable bonds is 7. The van der Waals surface area contributed by atoms with Gasteiger partial charge in [0.2, 0.25) is 9.84 Å². The number of aromatic nitrogens is 3. The van der Waals surface area contributed by atoms with E-state index in [1.54, 1.807) is 59.2 Å². The zero-order chi connectivity index (χ0) is 27.9. The molecule has 6 aromatic rings. The number of benzene rings is 4. The molecule has 0 amide bonds. The highest BCUT2D eigenvalue weighted by atomic mass is 32.2. The van der Waals surface area contributed by atoms with E-state index in [0.717, 1.165) is 5.56 Å². The molecule has 0 radical (unpaired) electrons. The van der Waals surface area contributed by atoms with Crippen LogP contribution in [0, 0.1) is 0 Å². The molecular formula is C30H24N4O4S2. The lowest BCUT2D eigenvalue weighted by Gasteiger charge is -2.20. The molecule has 0 aliphatic rings. The Morgan fingerprint density at radius 2 is 1.15 bits per heavy atom. The molecule has 1 atom stereocenters. The van der Waals surface area contributed by atoms with Gasteiger partial charge in [-0.1, -0.05) is 78.9 Å². The molecule has 1 N–H and O–H groups in total. The minimum atomic E-state index is -4.26. The molecule has 200 valence electrons. The second kappa shape index (κ2) is 9.89. The first kappa shape index (κ1) is 25.7. The summed E-state index contributed by atoms with van der Waals surface area (Å²) in [6.45, 7) is 1.87.